The Hall–Kier alpha value is -1.34. The summed E-state index contributed by atoms with van der Waals surface area (Å²) in [5, 5.41) is 5.13. The zero-order chi connectivity index (χ0) is 14.3. The van der Waals surface area contributed by atoms with Crippen LogP contribution in [0.1, 0.15) is 55.1 Å². The lowest BCUT2D eigenvalue weighted by Crippen LogP contribution is -2.17. The maximum atomic E-state index is 12.2. The molecule has 0 saturated heterocycles. The van der Waals surface area contributed by atoms with Gasteiger partial charge in [-0.3, -0.25) is 0 Å². The minimum Gasteiger partial charge on any atom is -0.458 e. The number of nitrogens with two attached hydrogens (primary N) is 1. The minimum atomic E-state index is -3.80. The number of esters is 1. The van der Waals surface area contributed by atoms with E-state index in [0.29, 0.717) is 5.69 Å². The van der Waals surface area contributed by atoms with E-state index in [1.807, 2.05) is 0 Å². The maximum absolute atomic E-state index is 12.2. The fourth-order valence-corrected chi connectivity index (χ4v) is 3.18. The number of primary sulfonamides is 1. The summed E-state index contributed by atoms with van der Waals surface area (Å²) >= 11 is 0. The highest BCUT2D eigenvalue weighted by Gasteiger charge is 2.31. The summed E-state index contributed by atoms with van der Waals surface area (Å²) in [4.78, 5) is 12.2. The van der Waals surface area contributed by atoms with Crippen molar-refractivity contribution in [3.63, 3.8) is 0 Å². The number of nitrogens with zero attached hydrogens (tertiary/aromatic N) is 1. The number of sulfonamides is 1. The predicted molar refractivity (Wildman–Crippen MR) is 71.7 cm³/mol. The van der Waals surface area contributed by atoms with Crippen LogP contribution >= 0.6 is 0 Å². The molecule has 2 aliphatic rings. The van der Waals surface area contributed by atoms with Gasteiger partial charge in [-0.15, -0.1) is 0 Å². The van der Waals surface area contributed by atoms with Gasteiger partial charge in [0.25, 0.3) is 0 Å². The number of hydrogen-bond acceptors (Lipinski definition) is 4. The molecule has 0 aromatic carbocycles. The van der Waals surface area contributed by atoms with E-state index < -0.39 is 16.0 Å². The van der Waals surface area contributed by atoms with Crippen LogP contribution in [0.2, 0.25) is 0 Å². The van der Waals surface area contributed by atoms with Gasteiger partial charge in [0.05, 0.1) is 0 Å². The normalized spacial score (nSPS) is 20.2. The molecular weight excluding hydrogens is 280 g/mol. The molecule has 0 radical (unpaired) electrons. The van der Waals surface area contributed by atoms with Gasteiger partial charge >= 0.3 is 5.97 Å². The predicted octanol–water partition coefficient (Wildman–Crippen LogP) is 1.57. The molecule has 1 heterocycles. The minimum absolute atomic E-state index is 0.0252. The van der Waals surface area contributed by atoms with Crippen molar-refractivity contribution in [1.82, 2.24) is 4.57 Å². The average molecular weight is 298 g/mol. The highest BCUT2D eigenvalue weighted by molar-refractivity contribution is 7.89. The van der Waals surface area contributed by atoms with Crippen LogP contribution in [0.5, 0.6) is 0 Å². The summed E-state index contributed by atoms with van der Waals surface area (Å²) in [5.74, 6) is -0.446. The lowest BCUT2D eigenvalue weighted by atomic mass is 10.3. The van der Waals surface area contributed by atoms with Gasteiger partial charge in [-0.25, -0.2) is 18.4 Å². The summed E-state index contributed by atoms with van der Waals surface area (Å²) < 4.78 is 30.0. The number of carbonyl (C=O) groups excluding carboxylic acids is 1. The Morgan fingerprint density at radius 3 is 2.45 bits per heavy atom. The third-order valence-corrected chi connectivity index (χ3v) is 4.76. The Balaban J connectivity index is 1.86. The highest BCUT2D eigenvalue weighted by Crippen LogP contribution is 2.37. The van der Waals surface area contributed by atoms with Gasteiger partial charge in [0.1, 0.15) is 16.7 Å². The zero-order valence-electron chi connectivity index (χ0n) is 11.1. The highest BCUT2D eigenvalue weighted by atomic mass is 32.2. The van der Waals surface area contributed by atoms with Gasteiger partial charge in [0.2, 0.25) is 10.0 Å². The first-order valence-electron chi connectivity index (χ1n) is 6.91. The van der Waals surface area contributed by atoms with Crippen molar-refractivity contribution < 1.29 is 17.9 Å². The molecule has 0 amide bonds. The summed E-state index contributed by atoms with van der Waals surface area (Å²) in [6.07, 6.45) is 7.22. The van der Waals surface area contributed by atoms with E-state index in [1.54, 1.807) is 4.57 Å². The summed E-state index contributed by atoms with van der Waals surface area (Å²) in [6, 6.07) is 1.52. The molecule has 110 valence electrons. The molecule has 0 atom stereocenters. The molecule has 7 heteroatoms. The Bertz CT molecular complexity index is 625. The lowest BCUT2D eigenvalue weighted by molar-refractivity contribution is 0.0305. The van der Waals surface area contributed by atoms with E-state index in [-0.39, 0.29) is 17.0 Å². The monoisotopic (exact) mass is 298 g/mol. The molecule has 1 aromatic heterocycles. The molecule has 0 aliphatic heterocycles. The van der Waals surface area contributed by atoms with Gasteiger partial charge in [0.15, 0.2) is 0 Å². The molecule has 3 rings (SSSR count). The number of aromatic nitrogens is 1. The zero-order valence-corrected chi connectivity index (χ0v) is 11.9. The van der Waals surface area contributed by atoms with Crippen LogP contribution in [0.4, 0.5) is 0 Å². The van der Waals surface area contributed by atoms with Gasteiger partial charge < -0.3 is 9.30 Å². The van der Waals surface area contributed by atoms with E-state index in [9.17, 15) is 13.2 Å². The molecule has 0 unspecified atom stereocenters. The molecule has 20 heavy (non-hydrogen) atoms. The molecule has 2 aliphatic carbocycles. The first-order chi connectivity index (χ1) is 9.45. The summed E-state index contributed by atoms with van der Waals surface area (Å²) in [6.45, 7) is 0. The summed E-state index contributed by atoms with van der Waals surface area (Å²) in [5.41, 5.74) is 0.295. The fraction of sp³-hybridized carbons (Fsp3) is 0.615. The van der Waals surface area contributed by atoms with Gasteiger partial charge in [-0.1, -0.05) is 0 Å². The second-order valence-electron chi connectivity index (χ2n) is 5.56. The fourth-order valence-electron chi connectivity index (χ4n) is 2.65. The van der Waals surface area contributed by atoms with E-state index in [4.69, 9.17) is 9.88 Å². The Labute approximate surface area is 117 Å². The Morgan fingerprint density at radius 1 is 1.25 bits per heavy atom. The van der Waals surface area contributed by atoms with Crippen LogP contribution in [0.3, 0.4) is 0 Å². The molecule has 1 aromatic rings. The molecule has 0 spiro atoms. The largest absolute Gasteiger partial charge is 0.458 e. The maximum Gasteiger partial charge on any atom is 0.355 e. The standard InChI is InChI=1S/C13H18N2O4S/c14-20(17,18)11-7-12(15(8-11)9-5-6-9)13(16)19-10-3-1-2-4-10/h7-10H,1-6H2,(H2,14,17,18). The van der Waals surface area contributed by atoms with E-state index >= 15 is 0 Å². The van der Waals surface area contributed by atoms with Crippen molar-refractivity contribution >= 4 is 16.0 Å². The van der Waals surface area contributed by atoms with Crippen LogP contribution in [0.15, 0.2) is 17.2 Å². The van der Waals surface area contributed by atoms with E-state index in [2.05, 4.69) is 0 Å². The number of ether oxygens (including phenoxy) is 1. The second kappa shape index (κ2) is 4.89. The van der Waals surface area contributed by atoms with Crippen molar-refractivity contribution in [2.24, 2.45) is 5.14 Å². The molecule has 2 fully saturated rings. The molecule has 2 N–H and O–H groups in total. The topological polar surface area (TPSA) is 91.4 Å². The van der Waals surface area contributed by atoms with Crippen molar-refractivity contribution in [1.29, 1.82) is 0 Å². The number of rotatable bonds is 4. The Kier molecular flexibility index (Phi) is 3.33. The molecule has 2 saturated carbocycles. The van der Waals surface area contributed by atoms with E-state index in [1.165, 1.54) is 12.3 Å². The van der Waals surface area contributed by atoms with Gasteiger partial charge in [-0.2, -0.15) is 0 Å². The average Bonchev–Trinajstić information content (AvgIpc) is 2.90. The number of hydrogen-bond donors (Lipinski definition) is 1. The smallest absolute Gasteiger partial charge is 0.355 e. The third-order valence-electron chi connectivity index (χ3n) is 3.88. The van der Waals surface area contributed by atoms with E-state index in [0.717, 1.165) is 38.5 Å². The first kappa shape index (κ1) is 13.6. The van der Waals surface area contributed by atoms with Crippen LogP contribution in [0.25, 0.3) is 0 Å². The van der Waals surface area contributed by atoms with Crippen molar-refractivity contribution in [3.8, 4) is 0 Å². The number of carbonyl (C=O) groups is 1. The first-order valence-corrected chi connectivity index (χ1v) is 8.45. The van der Waals surface area contributed by atoms with Crippen LogP contribution in [0, 0.1) is 0 Å². The Morgan fingerprint density at radius 2 is 1.90 bits per heavy atom. The molecule has 6 nitrogen and oxygen atoms in total. The van der Waals surface area contributed by atoms with Crippen molar-refractivity contribution in [3.05, 3.63) is 18.0 Å². The van der Waals surface area contributed by atoms with Crippen LogP contribution < -0.4 is 5.14 Å². The molecular formula is C13H18N2O4S. The van der Waals surface area contributed by atoms with Gasteiger partial charge in [0, 0.05) is 12.2 Å². The third kappa shape index (κ3) is 2.73. The molecule has 0 bridgehead atoms. The van der Waals surface area contributed by atoms with Crippen LogP contribution in [-0.4, -0.2) is 25.1 Å². The SMILES string of the molecule is NS(=O)(=O)c1cc(C(=O)OC2CCCC2)n(C2CC2)c1. The van der Waals surface area contributed by atoms with Crippen molar-refractivity contribution in [2.75, 3.05) is 0 Å². The van der Waals surface area contributed by atoms with Crippen LogP contribution in [-0.2, 0) is 14.8 Å². The quantitative estimate of drug-likeness (QED) is 0.854. The van der Waals surface area contributed by atoms with Gasteiger partial charge in [-0.05, 0) is 44.6 Å². The lowest BCUT2D eigenvalue weighted by Gasteiger charge is -2.12. The summed E-state index contributed by atoms with van der Waals surface area (Å²) in [7, 11) is -3.80. The second-order valence-corrected chi connectivity index (χ2v) is 7.12. The van der Waals surface area contributed by atoms with Crippen molar-refractivity contribution in [2.45, 2.75) is 55.6 Å².